The maximum Gasteiger partial charge on any atom is -0.00259 e. The fraction of sp³-hybridized carbons (Fsp3) is 0. The highest BCUT2D eigenvalue weighted by atomic mass is 14.2. The van der Waals surface area contributed by atoms with E-state index in [0.717, 1.165) is 0 Å². The van der Waals surface area contributed by atoms with E-state index in [1.165, 1.54) is 109 Å². The fourth-order valence-electron chi connectivity index (χ4n) is 9.07. The van der Waals surface area contributed by atoms with Crippen molar-refractivity contribution in [1.29, 1.82) is 0 Å². The van der Waals surface area contributed by atoms with Gasteiger partial charge in [0.2, 0.25) is 0 Å². The maximum absolute atomic E-state index is 2.42. The lowest BCUT2D eigenvalue weighted by Crippen LogP contribution is -1.93. The van der Waals surface area contributed by atoms with Gasteiger partial charge in [-0.3, -0.25) is 0 Å². The second kappa shape index (κ2) is 13.2. The van der Waals surface area contributed by atoms with Crippen molar-refractivity contribution < 1.29 is 0 Å². The van der Waals surface area contributed by atoms with Crippen LogP contribution >= 0.6 is 0 Å². The van der Waals surface area contributed by atoms with Crippen LogP contribution in [0.1, 0.15) is 0 Å². The minimum Gasteiger partial charge on any atom is -0.0622 e. The predicted molar refractivity (Wildman–Crippen MR) is 241 cm³/mol. The first-order valence-electron chi connectivity index (χ1n) is 19.4. The van der Waals surface area contributed by atoms with Gasteiger partial charge in [-0.05, 0) is 134 Å². The first-order chi connectivity index (χ1) is 27.8. The fourth-order valence-corrected chi connectivity index (χ4v) is 9.07. The normalized spacial score (nSPS) is 11.6. The van der Waals surface area contributed by atoms with Gasteiger partial charge in [-0.1, -0.05) is 194 Å². The molecule has 11 rings (SSSR count). The zero-order valence-corrected chi connectivity index (χ0v) is 30.8. The molecule has 0 aromatic heterocycles. The van der Waals surface area contributed by atoms with E-state index in [2.05, 4.69) is 218 Å². The lowest BCUT2D eigenvalue weighted by atomic mass is 9.83. The second-order valence-corrected chi connectivity index (χ2v) is 14.8. The number of hydrogen-bond donors (Lipinski definition) is 0. The van der Waals surface area contributed by atoms with Crippen molar-refractivity contribution in [2.24, 2.45) is 0 Å². The molecule has 0 heterocycles. The molecule has 0 heteroatoms. The highest BCUT2D eigenvalue weighted by Crippen LogP contribution is 2.46. The number of hydrogen-bond acceptors (Lipinski definition) is 0. The molecule has 0 spiro atoms. The number of rotatable bonds is 5. The standard InChI is InChI=1S/C56H36/c1-2-15-37(16-3-1)39-31-32-52-54(35-39)56(44-23-13-21-41(34-44)53-36-42-18-5-7-25-47(42)48-26-8-9-27-49(48)53)51-29-11-10-28-50(51)55(52)43-22-12-20-40(33-43)46-30-14-19-38-17-4-6-24-45(38)46/h1-36H. The molecule has 56 heavy (non-hydrogen) atoms. The van der Waals surface area contributed by atoms with Crippen LogP contribution in [0.3, 0.4) is 0 Å². The third-order valence-corrected chi connectivity index (χ3v) is 11.6. The average molecular weight is 709 g/mol. The van der Waals surface area contributed by atoms with E-state index in [1.807, 2.05) is 0 Å². The summed E-state index contributed by atoms with van der Waals surface area (Å²) in [6, 6.07) is 80.4. The molecule has 0 aliphatic rings. The van der Waals surface area contributed by atoms with Crippen molar-refractivity contribution in [3.8, 4) is 55.6 Å². The summed E-state index contributed by atoms with van der Waals surface area (Å²) in [5, 5.41) is 12.6. The Balaban J connectivity index is 1.18. The van der Waals surface area contributed by atoms with Crippen molar-refractivity contribution in [1.82, 2.24) is 0 Å². The van der Waals surface area contributed by atoms with Crippen molar-refractivity contribution in [2.45, 2.75) is 0 Å². The van der Waals surface area contributed by atoms with Crippen molar-refractivity contribution in [2.75, 3.05) is 0 Å². The average Bonchev–Trinajstić information content (AvgIpc) is 3.28. The van der Waals surface area contributed by atoms with Crippen LogP contribution in [-0.2, 0) is 0 Å². The first-order valence-corrected chi connectivity index (χ1v) is 19.4. The van der Waals surface area contributed by atoms with Gasteiger partial charge < -0.3 is 0 Å². The van der Waals surface area contributed by atoms with Crippen LogP contribution in [0, 0.1) is 0 Å². The van der Waals surface area contributed by atoms with Crippen LogP contribution in [0.4, 0.5) is 0 Å². The third kappa shape index (κ3) is 5.30. The molecule has 0 fully saturated rings. The Kier molecular flexibility index (Phi) is 7.60. The second-order valence-electron chi connectivity index (χ2n) is 14.8. The topological polar surface area (TPSA) is 0 Å². The smallest absolute Gasteiger partial charge is 0.00259 e. The maximum atomic E-state index is 2.42. The molecule has 0 aliphatic heterocycles. The minimum atomic E-state index is 1.21. The summed E-state index contributed by atoms with van der Waals surface area (Å²) in [5.41, 5.74) is 12.3. The zero-order chi connectivity index (χ0) is 37.0. The van der Waals surface area contributed by atoms with Crippen LogP contribution in [-0.4, -0.2) is 0 Å². The quantitative estimate of drug-likeness (QED) is 0.123. The zero-order valence-electron chi connectivity index (χ0n) is 30.8. The van der Waals surface area contributed by atoms with Gasteiger partial charge in [0, 0.05) is 0 Å². The summed E-state index contributed by atoms with van der Waals surface area (Å²) in [6.45, 7) is 0. The number of fused-ring (bicyclic) bond motifs is 6. The molecule has 260 valence electrons. The van der Waals surface area contributed by atoms with E-state index in [9.17, 15) is 0 Å². The van der Waals surface area contributed by atoms with Crippen LogP contribution in [0.15, 0.2) is 218 Å². The minimum absolute atomic E-state index is 1.21. The monoisotopic (exact) mass is 708 g/mol. The van der Waals surface area contributed by atoms with Crippen LogP contribution in [0.2, 0.25) is 0 Å². The predicted octanol–water partition coefficient (Wildman–Crippen LogP) is 15.8. The van der Waals surface area contributed by atoms with Crippen LogP contribution in [0.25, 0.3) is 109 Å². The van der Waals surface area contributed by atoms with E-state index < -0.39 is 0 Å². The summed E-state index contributed by atoms with van der Waals surface area (Å²) in [7, 11) is 0. The summed E-state index contributed by atoms with van der Waals surface area (Å²) in [6.07, 6.45) is 0. The molecule has 11 aromatic rings. The largest absolute Gasteiger partial charge is 0.0622 e. The van der Waals surface area contributed by atoms with E-state index in [4.69, 9.17) is 0 Å². The van der Waals surface area contributed by atoms with Gasteiger partial charge >= 0.3 is 0 Å². The first kappa shape index (κ1) is 32.2. The highest BCUT2D eigenvalue weighted by Gasteiger charge is 2.19. The molecule has 11 aromatic carbocycles. The Bertz CT molecular complexity index is 3290. The Morgan fingerprint density at radius 3 is 1.39 bits per heavy atom. The van der Waals surface area contributed by atoms with E-state index >= 15 is 0 Å². The lowest BCUT2D eigenvalue weighted by Gasteiger charge is -2.20. The molecular weight excluding hydrogens is 673 g/mol. The van der Waals surface area contributed by atoms with E-state index in [-0.39, 0.29) is 0 Å². The van der Waals surface area contributed by atoms with Gasteiger partial charge in [0.15, 0.2) is 0 Å². The summed E-state index contributed by atoms with van der Waals surface area (Å²) in [5.74, 6) is 0. The molecule has 0 nitrogen and oxygen atoms in total. The molecule has 0 saturated carbocycles. The molecule has 0 unspecified atom stereocenters. The SMILES string of the molecule is c1ccc(-c2ccc3c(-c4cccc(-c5cccc6ccccc56)c4)c4ccccc4c(-c4cccc(-c5cc6ccccc6c6ccccc56)c4)c3c2)cc1. The Morgan fingerprint density at radius 1 is 0.179 bits per heavy atom. The molecule has 0 saturated heterocycles. The molecular formula is C56H36. The number of benzene rings is 11. The summed E-state index contributed by atoms with van der Waals surface area (Å²) < 4.78 is 0. The third-order valence-electron chi connectivity index (χ3n) is 11.6. The van der Waals surface area contributed by atoms with Crippen molar-refractivity contribution in [3.63, 3.8) is 0 Å². The van der Waals surface area contributed by atoms with Gasteiger partial charge in [0.1, 0.15) is 0 Å². The van der Waals surface area contributed by atoms with Gasteiger partial charge in [0.25, 0.3) is 0 Å². The Hall–Kier alpha value is -7.28. The van der Waals surface area contributed by atoms with Gasteiger partial charge in [-0.15, -0.1) is 0 Å². The van der Waals surface area contributed by atoms with Crippen LogP contribution < -0.4 is 0 Å². The molecule has 0 N–H and O–H groups in total. The van der Waals surface area contributed by atoms with Gasteiger partial charge in [-0.2, -0.15) is 0 Å². The summed E-state index contributed by atoms with van der Waals surface area (Å²) in [4.78, 5) is 0. The lowest BCUT2D eigenvalue weighted by molar-refractivity contribution is 1.61. The van der Waals surface area contributed by atoms with Crippen molar-refractivity contribution >= 4 is 53.9 Å². The van der Waals surface area contributed by atoms with Crippen molar-refractivity contribution in [3.05, 3.63) is 218 Å². The molecule has 0 atom stereocenters. The molecule has 0 amide bonds. The van der Waals surface area contributed by atoms with E-state index in [1.54, 1.807) is 0 Å². The van der Waals surface area contributed by atoms with Gasteiger partial charge in [-0.25, -0.2) is 0 Å². The Labute approximate surface area is 326 Å². The molecule has 0 radical (unpaired) electrons. The van der Waals surface area contributed by atoms with Crippen LogP contribution in [0.5, 0.6) is 0 Å². The van der Waals surface area contributed by atoms with Gasteiger partial charge in [0.05, 0.1) is 0 Å². The molecule has 0 bridgehead atoms. The van der Waals surface area contributed by atoms with E-state index in [0.29, 0.717) is 0 Å². The molecule has 0 aliphatic carbocycles. The summed E-state index contributed by atoms with van der Waals surface area (Å²) >= 11 is 0. The highest BCUT2D eigenvalue weighted by molar-refractivity contribution is 6.22. The Morgan fingerprint density at radius 2 is 0.661 bits per heavy atom.